The van der Waals surface area contributed by atoms with Crippen LogP contribution in [0.25, 0.3) is 0 Å². The van der Waals surface area contributed by atoms with Crippen LogP contribution in [0.4, 0.5) is 4.39 Å². The van der Waals surface area contributed by atoms with Crippen molar-refractivity contribution in [1.29, 1.82) is 0 Å². The monoisotopic (exact) mass is 221 g/mol. The fourth-order valence-electron chi connectivity index (χ4n) is 2.44. The van der Waals surface area contributed by atoms with Gasteiger partial charge in [0.15, 0.2) is 0 Å². The van der Waals surface area contributed by atoms with Crippen LogP contribution in [-0.4, -0.2) is 13.1 Å². The Kier molecular flexibility index (Phi) is 3.59. The van der Waals surface area contributed by atoms with E-state index in [0.717, 1.165) is 36.2 Å². The summed E-state index contributed by atoms with van der Waals surface area (Å²) in [5, 5.41) is 3.40. The molecule has 0 saturated carbocycles. The van der Waals surface area contributed by atoms with Crippen molar-refractivity contribution in [3.63, 3.8) is 0 Å². The normalized spacial score (nSPS) is 21.1. The van der Waals surface area contributed by atoms with Crippen molar-refractivity contribution >= 4 is 0 Å². The summed E-state index contributed by atoms with van der Waals surface area (Å²) in [5.41, 5.74) is 3.00. The summed E-state index contributed by atoms with van der Waals surface area (Å²) in [5.74, 6) is 0.619. The summed E-state index contributed by atoms with van der Waals surface area (Å²) in [6, 6.07) is 3.84. The molecule has 1 fully saturated rings. The van der Waals surface area contributed by atoms with Crippen LogP contribution in [0.2, 0.25) is 0 Å². The van der Waals surface area contributed by atoms with E-state index in [-0.39, 0.29) is 5.82 Å². The molecule has 0 radical (unpaired) electrons. The van der Waals surface area contributed by atoms with Gasteiger partial charge in [0.1, 0.15) is 5.82 Å². The highest BCUT2D eigenvalue weighted by Gasteiger charge is 2.14. The predicted molar refractivity (Wildman–Crippen MR) is 65.2 cm³/mol. The van der Waals surface area contributed by atoms with Crippen LogP contribution in [-0.2, 0) is 6.42 Å². The number of halogens is 1. The molecule has 0 aromatic heterocycles. The van der Waals surface area contributed by atoms with Crippen molar-refractivity contribution in [2.75, 3.05) is 13.1 Å². The summed E-state index contributed by atoms with van der Waals surface area (Å²) >= 11 is 0. The third kappa shape index (κ3) is 2.62. The molecule has 0 bridgehead atoms. The van der Waals surface area contributed by atoms with Crippen LogP contribution >= 0.6 is 0 Å². The standard InChI is InChI=1S/C14H20FN/c1-10-6-13(8-14(15)11(10)2)7-12-4-3-5-16-9-12/h6,8,12,16H,3-5,7,9H2,1-2H3. The number of hydrogen-bond acceptors (Lipinski definition) is 1. The van der Waals surface area contributed by atoms with Crippen molar-refractivity contribution in [3.8, 4) is 0 Å². The van der Waals surface area contributed by atoms with Gasteiger partial charge in [-0.15, -0.1) is 0 Å². The van der Waals surface area contributed by atoms with Gasteiger partial charge >= 0.3 is 0 Å². The third-order valence-corrected chi connectivity index (χ3v) is 3.59. The Morgan fingerprint density at radius 1 is 1.38 bits per heavy atom. The second-order valence-corrected chi connectivity index (χ2v) is 4.94. The molecule has 0 amide bonds. The van der Waals surface area contributed by atoms with E-state index < -0.39 is 0 Å². The van der Waals surface area contributed by atoms with Crippen LogP contribution in [0.15, 0.2) is 12.1 Å². The maximum absolute atomic E-state index is 13.6. The first-order valence-corrected chi connectivity index (χ1v) is 6.13. The lowest BCUT2D eigenvalue weighted by Crippen LogP contribution is -2.30. The minimum Gasteiger partial charge on any atom is -0.316 e. The molecule has 1 nitrogen and oxygen atoms in total. The van der Waals surface area contributed by atoms with Gasteiger partial charge in [0, 0.05) is 0 Å². The fourth-order valence-corrected chi connectivity index (χ4v) is 2.44. The zero-order valence-electron chi connectivity index (χ0n) is 10.1. The van der Waals surface area contributed by atoms with Crippen LogP contribution in [0.5, 0.6) is 0 Å². The number of aryl methyl sites for hydroxylation is 1. The largest absolute Gasteiger partial charge is 0.316 e. The molecule has 1 aliphatic rings. The Morgan fingerprint density at radius 2 is 2.19 bits per heavy atom. The first-order chi connectivity index (χ1) is 7.66. The highest BCUT2D eigenvalue weighted by Crippen LogP contribution is 2.20. The summed E-state index contributed by atoms with van der Waals surface area (Å²) in [6.45, 7) is 6.05. The highest BCUT2D eigenvalue weighted by atomic mass is 19.1. The minimum atomic E-state index is -0.0567. The molecule has 1 aliphatic heterocycles. The van der Waals surface area contributed by atoms with Gasteiger partial charge in [-0.1, -0.05) is 6.07 Å². The van der Waals surface area contributed by atoms with Crippen LogP contribution < -0.4 is 5.32 Å². The molecule has 1 atom stereocenters. The van der Waals surface area contributed by atoms with E-state index in [4.69, 9.17) is 0 Å². The number of piperidine rings is 1. The van der Waals surface area contributed by atoms with Gasteiger partial charge in [-0.25, -0.2) is 4.39 Å². The van der Waals surface area contributed by atoms with Crippen molar-refractivity contribution in [2.45, 2.75) is 33.1 Å². The topological polar surface area (TPSA) is 12.0 Å². The van der Waals surface area contributed by atoms with Gasteiger partial charge in [0.25, 0.3) is 0 Å². The lowest BCUT2D eigenvalue weighted by atomic mass is 9.91. The molecular weight excluding hydrogens is 201 g/mol. The quantitative estimate of drug-likeness (QED) is 0.809. The molecule has 0 aliphatic carbocycles. The minimum absolute atomic E-state index is 0.0567. The second kappa shape index (κ2) is 4.96. The lowest BCUT2D eigenvalue weighted by molar-refractivity contribution is 0.375. The first kappa shape index (κ1) is 11.6. The molecular formula is C14H20FN. The van der Waals surface area contributed by atoms with Crippen molar-refractivity contribution in [3.05, 3.63) is 34.6 Å². The molecule has 88 valence electrons. The number of rotatable bonds is 2. The summed E-state index contributed by atoms with van der Waals surface area (Å²) in [6.07, 6.45) is 3.52. The van der Waals surface area contributed by atoms with Gasteiger partial charge in [-0.3, -0.25) is 0 Å². The zero-order valence-corrected chi connectivity index (χ0v) is 10.1. The van der Waals surface area contributed by atoms with Crippen LogP contribution in [0, 0.1) is 25.6 Å². The molecule has 2 heteroatoms. The van der Waals surface area contributed by atoms with Crippen molar-refractivity contribution in [1.82, 2.24) is 5.32 Å². The molecule has 1 aromatic carbocycles. The van der Waals surface area contributed by atoms with Gasteiger partial charge in [-0.05, 0) is 74.9 Å². The fraction of sp³-hybridized carbons (Fsp3) is 0.571. The van der Waals surface area contributed by atoms with Gasteiger partial charge in [0.05, 0.1) is 0 Å². The average molecular weight is 221 g/mol. The smallest absolute Gasteiger partial charge is 0.126 e. The predicted octanol–water partition coefficient (Wildman–Crippen LogP) is 2.98. The number of nitrogens with one attached hydrogen (secondary N) is 1. The zero-order chi connectivity index (χ0) is 11.5. The Hall–Kier alpha value is -0.890. The summed E-state index contributed by atoms with van der Waals surface area (Å²) < 4.78 is 13.6. The number of hydrogen-bond donors (Lipinski definition) is 1. The molecule has 1 saturated heterocycles. The molecule has 1 unspecified atom stereocenters. The molecule has 1 aromatic rings. The lowest BCUT2D eigenvalue weighted by Gasteiger charge is -2.23. The molecule has 1 heterocycles. The van der Waals surface area contributed by atoms with E-state index in [1.54, 1.807) is 6.07 Å². The summed E-state index contributed by atoms with van der Waals surface area (Å²) in [7, 11) is 0. The summed E-state index contributed by atoms with van der Waals surface area (Å²) in [4.78, 5) is 0. The van der Waals surface area contributed by atoms with E-state index >= 15 is 0 Å². The van der Waals surface area contributed by atoms with E-state index in [2.05, 4.69) is 11.4 Å². The van der Waals surface area contributed by atoms with Crippen molar-refractivity contribution < 1.29 is 4.39 Å². The van der Waals surface area contributed by atoms with Gasteiger partial charge < -0.3 is 5.32 Å². The van der Waals surface area contributed by atoms with Crippen LogP contribution in [0.3, 0.4) is 0 Å². The highest BCUT2D eigenvalue weighted by molar-refractivity contribution is 5.31. The Bertz CT molecular complexity index is 344. The molecule has 2 rings (SSSR count). The molecule has 16 heavy (non-hydrogen) atoms. The van der Waals surface area contributed by atoms with Gasteiger partial charge in [0.2, 0.25) is 0 Å². The Balaban J connectivity index is 2.09. The maximum Gasteiger partial charge on any atom is 0.126 e. The Labute approximate surface area is 97.1 Å². The van der Waals surface area contributed by atoms with E-state index in [0.29, 0.717) is 5.92 Å². The van der Waals surface area contributed by atoms with E-state index in [1.807, 2.05) is 13.8 Å². The Morgan fingerprint density at radius 3 is 2.81 bits per heavy atom. The average Bonchev–Trinajstić information content (AvgIpc) is 2.27. The SMILES string of the molecule is Cc1cc(CC2CCCNC2)cc(F)c1C. The third-order valence-electron chi connectivity index (χ3n) is 3.59. The maximum atomic E-state index is 13.6. The van der Waals surface area contributed by atoms with E-state index in [1.165, 1.54) is 12.8 Å². The van der Waals surface area contributed by atoms with E-state index in [9.17, 15) is 4.39 Å². The van der Waals surface area contributed by atoms with Gasteiger partial charge in [-0.2, -0.15) is 0 Å². The number of benzene rings is 1. The second-order valence-electron chi connectivity index (χ2n) is 4.94. The first-order valence-electron chi connectivity index (χ1n) is 6.13. The van der Waals surface area contributed by atoms with Crippen LogP contribution in [0.1, 0.15) is 29.5 Å². The molecule has 0 spiro atoms. The molecule has 1 N–H and O–H groups in total. The van der Waals surface area contributed by atoms with Crippen molar-refractivity contribution in [2.24, 2.45) is 5.92 Å².